The van der Waals surface area contributed by atoms with Crippen molar-refractivity contribution < 1.29 is 9.53 Å². The molecule has 2 fully saturated rings. The Kier molecular flexibility index (Phi) is 7.61. The Morgan fingerprint density at radius 3 is 2.50 bits per heavy atom. The Balaban J connectivity index is 0.981. The van der Waals surface area contributed by atoms with Crippen molar-refractivity contribution >= 4 is 33.5 Å². The number of hydrogen-bond acceptors (Lipinski definition) is 6. The van der Waals surface area contributed by atoms with Crippen LogP contribution in [-0.2, 0) is 11.3 Å². The maximum absolute atomic E-state index is 12.1. The van der Waals surface area contributed by atoms with Gasteiger partial charge in [-0.25, -0.2) is 4.79 Å². The number of aromatic nitrogens is 1. The van der Waals surface area contributed by atoms with Gasteiger partial charge >= 0.3 is 6.09 Å². The largest absolute Gasteiger partial charge is 0.446 e. The molecule has 0 spiro atoms. The molecule has 0 radical (unpaired) electrons. The Hall–Kier alpha value is -2.64. The summed E-state index contributed by atoms with van der Waals surface area (Å²) < 4.78 is 11.7. The van der Waals surface area contributed by atoms with Crippen molar-refractivity contribution in [2.45, 2.75) is 44.8 Å². The second kappa shape index (κ2) is 11.2. The predicted octanol–water partition coefficient (Wildman–Crippen LogP) is 5.29. The fourth-order valence-corrected chi connectivity index (χ4v) is 5.95. The molecule has 34 heavy (non-hydrogen) atoms. The highest BCUT2D eigenvalue weighted by Gasteiger charge is 2.25. The normalized spacial score (nSPS) is 21.5. The topological polar surface area (TPSA) is 57.7 Å². The third kappa shape index (κ3) is 5.88. The summed E-state index contributed by atoms with van der Waals surface area (Å²) in [6.07, 6.45) is 5.28. The van der Waals surface area contributed by atoms with Gasteiger partial charge in [-0.3, -0.25) is 4.90 Å². The lowest BCUT2D eigenvalue weighted by molar-refractivity contribution is 0.0612. The van der Waals surface area contributed by atoms with E-state index in [-0.39, 0.29) is 12.2 Å². The van der Waals surface area contributed by atoms with Crippen molar-refractivity contribution in [2.24, 2.45) is 5.92 Å². The molecule has 1 aromatic heterocycles. The first-order valence-electron chi connectivity index (χ1n) is 12.5. The van der Waals surface area contributed by atoms with Crippen LogP contribution in [0.3, 0.4) is 0 Å². The van der Waals surface area contributed by atoms with Gasteiger partial charge in [0.15, 0.2) is 0 Å². The summed E-state index contributed by atoms with van der Waals surface area (Å²) in [5.41, 5.74) is 1.09. The van der Waals surface area contributed by atoms with E-state index < -0.39 is 0 Å². The molecule has 1 aliphatic carbocycles. The number of alkyl carbamates (subject to hydrolysis) is 1. The van der Waals surface area contributed by atoms with Gasteiger partial charge in [0.1, 0.15) is 11.9 Å². The average Bonchev–Trinajstić information content (AvgIpc) is 3.32. The number of nitrogens with one attached hydrogen (secondary N) is 1. The van der Waals surface area contributed by atoms with Gasteiger partial charge in [-0.05, 0) is 73.8 Å². The van der Waals surface area contributed by atoms with Crippen LogP contribution in [0.1, 0.15) is 37.7 Å². The Morgan fingerprint density at radius 1 is 0.971 bits per heavy atom. The lowest BCUT2D eigenvalue weighted by Gasteiger charge is -2.36. The molecule has 0 unspecified atom stereocenters. The van der Waals surface area contributed by atoms with Gasteiger partial charge in [0.25, 0.3) is 0 Å². The van der Waals surface area contributed by atoms with Gasteiger partial charge in [-0.1, -0.05) is 42.5 Å². The molecule has 7 heteroatoms. The van der Waals surface area contributed by atoms with Crippen LogP contribution in [0.5, 0.6) is 0 Å². The lowest BCUT2D eigenvalue weighted by atomic mass is 9.85. The number of rotatable bonds is 7. The maximum atomic E-state index is 12.1. The van der Waals surface area contributed by atoms with E-state index in [9.17, 15) is 4.79 Å². The van der Waals surface area contributed by atoms with E-state index in [1.807, 2.05) is 30.3 Å². The molecule has 0 bridgehead atoms. The van der Waals surface area contributed by atoms with Crippen molar-refractivity contribution in [3.05, 3.63) is 60.2 Å². The molecule has 1 amide bonds. The maximum Gasteiger partial charge on any atom is 0.407 e. The zero-order valence-corrected chi connectivity index (χ0v) is 20.5. The zero-order valence-electron chi connectivity index (χ0n) is 19.7. The summed E-state index contributed by atoms with van der Waals surface area (Å²) in [6, 6.07) is 18.5. The Bertz CT molecular complexity index is 1060. The summed E-state index contributed by atoms with van der Waals surface area (Å²) in [5.74, 6) is 1.90. The van der Waals surface area contributed by atoms with Crippen LogP contribution in [-0.4, -0.2) is 54.2 Å². The Morgan fingerprint density at radius 2 is 1.71 bits per heavy atom. The SMILES string of the molecule is O=C(NCc1ccccc1)O[C@H]1CC[C@H](CCN2CCN(c3nsc4ccccc34)CC2)CC1. The number of benzene rings is 2. The second-order valence-electron chi connectivity index (χ2n) is 9.51. The van der Waals surface area contributed by atoms with Crippen molar-refractivity contribution in [1.29, 1.82) is 0 Å². The standard InChI is InChI=1S/C27H34N4O2S/c32-27(28-20-22-6-2-1-3-7-22)33-23-12-10-21(11-13-23)14-15-30-16-18-31(19-17-30)26-24-8-4-5-9-25(24)34-29-26/h1-9,21,23H,10-20H2,(H,28,32)/t21-,23-. The third-order valence-electron chi connectivity index (χ3n) is 7.23. The lowest BCUT2D eigenvalue weighted by Crippen LogP contribution is -2.47. The molecule has 2 heterocycles. The minimum atomic E-state index is -0.293. The quantitative estimate of drug-likeness (QED) is 0.500. The highest BCUT2D eigenvalue weighted by atomic mass is 32.1. The smallest absolute Gasteiger partial charge is 0.407 e. The van der Waals surface area contributed by atoms with Gasteiger partial charge in [0.2, 0.25) is 0 Å². The number of nitrogens with zero attached hydrogens (tertiary/aromatic N) is 3. The van der Waals surface area contributed by atoms with Gasteiger partial charge in [-0.15, -0.1) is 0 Å². The van der Waals surface area contributed by atoms with E-state index in [1.165, 1.54) is 23.1 Å². The van der Waals surface area contributed by atoms with Gasteiger partial charge < -0.3 is 15.0 Å². The average molecular weight is 479 g/mol. The van der Waals surface area contributed by atoms with Gasteiger partial charge in [0.05, 0.1) is 4.70 Å². The van der Waals surface area contributed by atoms with Crippen molar-refractivity contribution in [1.82, 2.24) is 14.6 Å². The molecule has 2 aliphatic rings. The summed E-state index contributed by atoms with van der Waals surface area (Å²) in [6.45, 7) is 5.98. The number of carbonyl (C=O) groups excluding carboxylic acids is 1. The Labute approximate surface area is 206 Å². The number of piperazine rings is 1. The van der Waals surface area contributed by atoms with Crippen molar-refractivity contribution in [2.75, 3.05) is 37.6 Å². The zero-order chi connectivity index (χ0) is 23.2. The minimum Gasteiger partial charge on any atom is -0.446 e. The van der Waals surface area contributed by atoms with E-state index in [4.69, 9.17) is 9.11 Å². The number of ether oxygens (including phenoxy) is 1. The highest BCUT2D eigenvalue weighted by molar-refractivity contribution is 7.13. The van der Waals surface area contributed by atoms with E-state index in [0.717, 1.165) is 69.2 Å². The van der Waals surface area contributed by atoms with E-state index in [0.29, 0.717) is 6.54 Å². The first-order valence-corrected chi connectivity index (χ1v) is 13.3. The molecule has 1 aliphatic heterocycles. The van der Waals surface area contributed by atoms with Crippen LogP contribution < -0.4 is 10.2 Å². The first-order chi connectivity index (χ1) is 16.7. The molecule has 5 rings (SSSR count). The van der Waals surface area contributed by atoms with Crippen LogP contribution in [0.4, 0.5) is 10.6 Å². The molecular formula is C27H34N4O2S. The molecular weight excluding hydrogens is 444 g/mol. The van der Waals surface area contributed by atoms with Crippen LogP contribution in [0.2, 0.25) is 0 Å². The molecule has 1 N–H and O–H groups in total. The minimum absolute atomic E-state index is 0.0588. The molecule has 0 atom stereocenters. The summed E-state index contributed by atoms with van der Waals surface area (Å²) in [4.78, 5) is 17.2. The monoisotopic (exact) mass is 478 g/mol. The van der Waals surface area contributed by atoms with Crippen LogP contribution in [0.25, 0.3) is 10.1 Å². The second-order valence-corrected chi connectivity index (χ2v) is 10.3. The molecule has 2 aromatic carbocycles. The number of anilines is 1. The van der Waals surface area contributed by atoms with Crippen LogP contribution in [0, 0.1) is 5.92 Å². The fraction of sp³-hybridized carbons (Fsp3) is 0.481. The van der Waals surface area contributed by atoms with Crippen LogP contribution >= 0.6 is 11.5 Å². The van der Waals surface area contributed by atoms with Crippen molar-refractivity contribution in [3.8, 4) is 0 Å². The number of hydrogen-bond donors (Lipinski definition) is 1. The number of carbonyl (C=O) groups is 1. The molecule has 180 valence electrons. The summed E-state index contributed by atoms with van der Waals surface area (Å²) >= 11 is 1.60. The van der Waals surface area contributed by atoms with E-state index in [2.05, 4.69) is 39.4 Å². The third-order valence-corrected chi connectivity index (χ3v) is 8.05. The first kappa shape index (κ1) is 23.1. The predicted molar refractivity (Wildman–Crippen MR) is 138 cm³/mol. The highest BCUT2D eigenvalue weighted by Crippen LogP contribution is 2.31. The molecule has 1 saturated heterocycles. The van der Waals surface area contributed by atoms with Crippen molar-refractivity contribution in [3.63, 3.8) is 0 Å². The van der Waals surface area contributed by atoms with E-state index >= 15 is 0 Å². The molecule has 6 nitrogen and oxygen atoms in total. The molecule has 1 saturated carbocycles. The molecule has 3 aromatic rings. The fourth-order valence-electron chi connectivity index (χ4n) is 5.15. The van der Waals surface area contributed by atoms with E-state index in [1.54, 1.807) is 11.5 Å². The number of fused-ring (bicyclic) bond motifs is 1. The van der Waals surface area contributed by atoms with Crippen LogP contribution in [0.15, 0.2) is 54.6 Å². The van der Waals surface area contributed by atoms with Gasteiger partial charge in [0, 0.05) is 38.1 Å². The van der Waals surface area contributed by atoms with Gasteiger partial charge in [-0.2, -0.15) is 4.37 Å². The summed E-state index contributed by atoms with van der Waals surface area (Å²) in [5, 5.41) is 4.16. The number of amides is 1. The summed E-state index contributed by atoms with van der Waals surface area (Å²) in [7, 11) is 0.